The molecule has 0 unspecified atom stereocenters. The van der Waals surface area contributed by atoms with Crippen molar-refractivity contribution in [2.24, 2.45) is 20.5 Å². The molecule has 0 fully saturated rings. The number of amides is 2. The number of aromatic hydroxyl groups is 1. The zero-order chi connectivity index (χ0) is 54.9. The van der Waals surface area contributed by atoms with Crippen LogP contribution in [0.25, 0.3) is 21.5 Å². The van der Waals surface area contributed by atoms with E-state index in [9.17, 15) is 45.7 Å². The van der Waals surface area contributed by atoms with Crippen molar-refractivity contribution < 1.29 is 55.2 Å². The number of azo groups is 2. The van der Waals surface area contributed by atoms with E-state index in [1.54, 1.807) is 117 Å². The molecule has 0 aliphatic carbocycles. The standard InChI is InChI=1S/2C27H24ClN3O6S.Ca/c2*1-3-19-23(14-13-22(28)26(19)38(34,35)36)30-31-24-20-8-6-5-7-16(20)15-21(25(24)32)27(33)29-17-9-11-18(12-10-17)37-4-2;/h2*5-15,32H,3-4H2,1-2H3,(H,29,33)(H,34,35,36);/q;;+2/p-2. The van der Waals surface area contributed by atoms with Gasteiger partial charge < -0.3 is 34.9 Å². The molecule has 8 aromatic carbocycles. The topological polar surface area (TPSA) is 281 Å². The summed E-state index contributed by atoms with van der Waals surface area (Å²) in [5, 5.41) is 48.3. The van der Waals surface area contributed by atoms with Crippen molar-refractivity contribution in [1.29, 1.82) is 0 Å². The molecule has 0 saturated heterocycles. The van der Waals surface area contributed by atoms with Gasteiger partial charge in [0, 0.05) is 33.3 Å². The van der Waals surface area contributed by atoms with Gasteiger partial charge in [-0.2, -0.15) is 23.8 Å². The summed E-state index contributed by atoms with van der Waals surface area (Å²) in [6.07, 6.45) is 0.308. The first-order chi connectivity index (χ1) is 36.3. The zero-order valence-corrected chi connectivity index (χ0v) is 46.9. The first kappa shape index (κ1) is 59.5. The number of halogens is 2. The van der Waals surface area contributed by atoms with E-state index in [0.717, 1.165) is 0 Å². The number of carbonyl (C=O) groups excluding carboxylic acids is 2. The molecule has 23 heteroatoms. The fourth-order valence-corrected chi connectivity index (χ4v) is 10.6. The van der Waals surface area contributed by atoms with Gasteiger partial charge in [-0.3, -0.25) is 14.1 Å². The number of phenolic OH excluding ortho intramolecular Hbond substituents is 1. The molecule has 392 valence electrons. The number of ether oxygens (including phenoxy) is 2. The van der Waals surface area contributed by atoms with Crippen LogP contribution in [0.1, 0.15) is 59.5 Å². The van der Waals surface area contributed by atoms with Crippen LogP contribution >= 0.6 is 23.2 Å². The number of hydrogen-bond acceptors (Lipinski definition) is 15. The Morgan fingerprint density at radius 2 is 1.00 bits per heavy atom. The van der Waals surface area contributed by atoms with E-state index in [1.807, 2.05) is 13.8 Å². The van der Waals surface area contributed by atoms with Gasteiger partial charge in [0.15, 0.2) is 5.75 Å². The van der Waals surface area contributed by atoms with Crippen LogP contribution in [-0.2, 0) is 33.1 Å². The first-order valence-corrected chi connectivity index (χ1v) is 26.8. The Balaban J connectivity index is 0.000000246. The van der Waals surface area contributed by atoms with Gasteiger partial charge in [0.05, 0.1) is 50.8 Å². The molecule has 8 rings (SSSR count). The number of carbonyl (C=O) groups is 2. The fourth-order valence-electron chi connectivity index (χ4n) is 7.97. The maximum absolute atomic E-state index is 13.4. The summed E-state index contributed by atoms with van der Waals surface area (Å²) in [6, 6.07) is 35.8. The molecular weight excluding hydrogens is 1100 g/mol. The van der Waals surface area contributed by atoms with E-state index in [0.29, 0.717) is 57.6 Å². The van der Waals surface area contributed by atoms with Crippen molar-refractivity contribution in [3.8, 4) is 23.0 Å². The van der Waals surface area contributed by atoms with Gasteiger partial charge in [-0.05, 0) is 128 Å². The van der Waals surface area contributed by atoms with Crippen molar-refractivity contribution in [3.05, 3.63) is 166 Å². The predicted octanol–water partition coefficient (Wildman–Crippen LogP) is 12.8. The minimum atomic E-state index is -4.88. The molecule has 0 aliphatic rings. The Morgan fingerprint density at radius 1 is 0.584 bits per heavy atom. The SMILES string of the molecule is CCOc1ccc(NC(=O)c2cc3ccccc3c(N=Nc3ccc(Cl)c(S(=O)(=O)O)c3CC)c2O)cc1.CCOc1ccc(NC(=O)c2cc3ccccc3c(N=Nc3ccc(Cl)c(S(=O)(=O)[O-])c3CC)c2[O-])cc1.[Ca+2]. The van der Waals surface area contributed by atoms with E-state index >= 15 is 0 Å². The van der Waals surface area contributed by atoms with Crippen molar-refractivity contribution in [2.45, 2.75) is 50.3 Å². The molecule has 18 nitrogen and oxygen atoms in total. The van der Waals surface area contributed by atoms with Crippen LogP contribution in [0.2, 0.25) is 10.0 Å². The normalized spacial score (nSPS) is 11.5. The predicted molar refractivity (Wildman–Crippen MR) is 294 cm³/mol. The Hall–Kier alpha value is -6.72. The van der Waals surface area contributed by atoms with Gasteiger partial charge in [-0.25, -0.2) is 8.42 Å². The monoisotopic (exact) mass is 1140 g/mol. The van der Waals surface area contributed by atoms with Gasteiger partial charge in [-0.15, -0.1) is 5.11 Å². The average Bonchev–Trinajstić information content (AvgIpc) is 3.39. The number of nitrogens with one attached hydrogen (secondary N) is 2. The largest absolute Gasteiger partial charge is 2.00 e. The van der Waals surface area contributed by atoms with Crippen LogP contribution in [0, 0.1) is 0 Å². The van der Waals surface area contributed by atoms with Crippen LogP contribution in [0.3, 0.4) is 0 Å². The summed E-state index contributed by atoms with van der Waals surface area (Å²) in [5.41, 5.74) is 1.15. The molecule has 77 heavy (non-hydrogen) atoms. The Morgan fingerprint density at radius 3 is 1.45 bits per heavy atom. The van der Waals surface area contributed by atoms with E-state index in [4.69, 9.17) is 32.7 Å². The summed E-state index contributed by atoms with van der Waals surface area (Å²) < 4.78 is 79.7. The number of fused-ring (bicyclic) bond motifs is 2. The van der Waals surface area contributed by atoms with Gasteiger partial charge in [0.2, 0.25) is 0 Å². The molecule has 0 aliphatic heterocycles. The Labute approximate surface area is 483 Å². The fraction of sp³-hybridized carbons (Fsp3) is 0.148. The second-order valence-corrected chi connectivity index (χ2v) is 19.8. The third-order valence-corrected chi connectivity index (χ3v) is 14.2. The third-order valence-electron chi connectivity index (χ3n) is 11.4. The van der Waals surface area contributed by atoms with Crippen LogP contribution in [0.15, 0.2) is 164 Å². The summed E-state index contributed by atoms with van der Waals surface area (Å²) >= 11 is 12.0. The minimum absolute atomic E-state index is 0. The number of phenols is 1. The maximum Gasteiger partial charge on any atom is 2.00 e. The molecule has 0 atom stereocenters. The van der Waals surface area contributed by atoms with Gasteiger partial charge in [0.1, 0.15) is 32.2 Å². The molecule has 4 N–H and O–H groups in total. The second kappa shape index (κ2) is 26.1. The van der Waals surface area contributed by atoms with Crippen LogP contribution in [0.4, 0.5) is 34.1 Å². The van der Waals surface area contributed by atoms with Crippen molar-refractivity contribution in [3.63, 3.8) is 0 Å². The van der Waals surface area contributed by atoms with Gasteiger partial charge in [-0.1, -0.05) is 91.3 Å². The van der Waals surface area contributed by atoms with E-state index in [2.05, 4.69) is 31.1 Å². The minimum Gasteiger partial charge on any atom is -0.870 e. The number of anilines is 2. The molecular formula is C54H46CaCl2N6O12S2. The summed E-state index contributed by atoms with van der Waals surface area (Å²) in [7, 11) is -9.51. The molecule has 8 aromatic rings. The van der Waals surface area contributed by atoms with E-state index in [-0.39, 0.29) is 106 Å². The van der Waals surface area contributed by atoms with E-state index < -0.39 is 53.3 Å². The zero-order valence-electron chi connectivity index (χ0n) is 41.6. The van der Waals surface area contributed by atoms with Crippen LogP contribution < -0.4 is 25.2 Å². The van der Waals surface area contributed by atoms with E-state index in [1.165, 1.54) is 30.3 Å². The summed E-state index contributed by atoms with van der Waals surface area (Å²) in [5.74, 6) is -0.972. The molecule has 0 heterocycles. The number of rotatable bonds is 16. The second-order valence-electron chi connectivity index (χ2n) is 16.3. The Kier molecular flexibility index (Phi) is 20.2. The maximum atomic E-state index is 13.4. The smallest absolute Gasteiger partial charge is 0.870 e. The van der Waals surface area contributed by atoms with Crippen molar-refractivity contribution >= 4 is 149 Å². The van der Waals surface area contributed by atoms with Gasteiger partial charge >= 0.3 is 37.7 Å². The number of benzene rings is 8. The average molecular weight is 1150 g/mol. The van der Waals surface area contributed by atoms with Crippen molar-refractivity contribution in [1.82, 2.24) is 0 Å². The molecule has 0 bridgehead atoms. The first-order valence-electron chi connectivity index (χ1n) is 23.2. The van der Waals surface area contributed by atoms with Crippen LogP contribution in [-0.4, -0.2) is 93.8 Å². The number of nitrogens with zero attached hydrogens (tertiary/aromatic N) is 4. The summed E-state index contributed by atoms with van der Waals surface area (Å²) in [4.78, 5) is 25.2. The molecule has 0 radical (unpaired) electrons. The quantitative estimate of drug-likeness (QED) is 0.0399. The molecule has 0 aromatic heterocycles. The molecule has 2 amide bonds. The number of hydrogen-bond donors (Lipinski definition) is 4. The molecule has 0 spiro atoms. The molecule has 0 saturated carbocycles. The van der Waals surface area contributed by atoms with Crippen molar-refractivity contribution in [2.75, 3.05) is 23.8 Å². The van der Waals surface area contributed by atoms with Gasteiger partial charge in [0.25, 0.3) is 21.9 Å². The Bertz CT molecular complexity index is 3560. The summed E-state index contributed by atoms with van der Waals surface area (Å²) in [6.45, 7) is 8.07. The van der Waals surface area contributed by atoms with Crippen LogP contribution in [0.5, 0.6) is 23.0 Å². The third kappa shape index (κ3) is 14.1.